The number of hydrogen-bond acceptors (Lipinski definition) is 7. The molecule has 5 aromatic rings. The predicted octanol–water partition coefficient (Wildman–Crippen LogP) is 3.79. The second-order valence-corrected chi connectivity index (χ2v) is 11.0. The summed E-state index contributed by atoms with van der Waals surface area (Å²) >= 11 is 0. The zero-order valence-corrected chi connectivity index (χ0v) is 22.6. The van der Waals surface area contributed by atoms with Crippen molar-refractivity contribution >= 4 is 50.3 Å². The SMILES string of the molecule is CNc1c(F)c(F)cc2c1[nH]c1ncc(-c3cnc4c(c3)c(=O)c(C(=O)O)cn4C)c(N3CC[C@@H]4CN(C)C[C@@H]43)c12. The van der Waals surface area contributed by atoms with Crippen LogP contribution >= 0.6 is 0 Å². The van der Waals surface area contributed by atoms with Crippen LogP contribution in [-0.4, -0.2) is 75.3 Å². The number of carbonyl (C=O) groups is 1. The van der Waals surface area contributed by atoms with Crippen LogP contribution < -0.4 is 15.6 Å². The summed E-state index contributed by atoms with van der Waals surface area (Å²) in [5.41, 5.74) is 2.31. The summed E-state index contributed by atoms with van der Waals surface area (Å²) in [6, 6.07) is 3.04. The number of fused-ring (bicyclic) bond motifs is 5. The lowest BCUT2D eigenvalue weighted by molar-refractivity contribution is 0.0695. The molecular formula is C29H27F2N7O3. The maximum atomic E-state index is 14.9. The van der Waals surface area contributed by atoms with Crippen molar-refractivity contribution in [2.45, 2.75) is 12.5 Å². The number of halogens is 2. The highest BCUT2D eigenvalue weighted by molar-refractivity contribution is 6.18. The molecule has 0 bridgehead atoms. The van der Waals surface area contributed by atoms with Crippen LogP contribution in [0.15, 0.2) is 35.5 Å². The van der Waals surface area contributed by atoms with E-state index in [2.05, 4.69) is 37.1 Å². The summed E-state index contributed by atoms with van der Waals surface area (Å²) in [5, 5.41) is 13.7. The molecule has 0 unspecified atom stereocenters. The number of likely N-dealkylation sites (N-methyl/N-ethyl adjacent to an activating group) is 1. The Bertz CT molecular complexity index is 1990. The van der Waals surface area contributed by atoms with Crippen molar-refractivity contribution in [1.82, 2.24) is 24.4 Å². The van der Waals surface area contributed by atoms with Crippen molar-refractivity contribution < 1.29 is 18.7 Å². The third-order valence-electron chi connectivity index (χ3n) is 8.61. The minimum atomic E-state index is -1.32. The predicted molar refractivity (Wildman–Crippen MR) is 153 cm³/mol. The van der Waals surface area contributed by atoms with Gasteiger partial charge in [-0.25, -0.2) is 23.5 Å². The smallest absolute Gasteiger partial charge is 0.341 e. The van der Waals surface area contributed by atoms with Gasteiger partial charge in [-0.3, -0.25) is 4.79 Å². The fraction of sp³-hybridized carbons (Fsp3) is 0.310. The summed E-state index contributed by atoms with van der Waals surface area (Å²) in [7, 11) is 5.26. The fourth-order valence-corrected chi connectivity index (χ4v) is 6.78. The molecule has 10 nitrogen and oxygen atoms in total. The second kappa shape index (κ2) is 8.96. The molecule has 0 saturated carbocycles. The molecule has 2 fully saturated rings. The van der Waals surface area contributed by atoms with E-state index in [1.807, 2.05) is 0 Å². The summed E-state index contributed by atoms with van der Waals surface area (Å²) < 4.78 is 31.2. The van der Waals surface area contributed by atoms with Crippen LogP contribution in [0.5, 0.6) is 0 Å². The molecule has 0 aliphatic carbocycles. The molecule has 3 N–H and O–H groups in total. The number of carboxylic acids is 1. The summed E-state index contributed by atoms with van der Waals surface area (Å²) in [4.78, 5) is 41.9. The third-order valence-corrected chi connectivity index (χ3v) is 8.61. The Balaban J connectivity index is 1.56. The molecular weight excluding hydrogens is 532 g/mol. The van der Waals surface area contributed by atoms with Gasteiger partial charge in [0.2, 0.25) is 5.43 Å². The number of aromatic carboxylic acids is 1. The van der Waals surface area contributed by atoms with Crippen molar-refractivity contribution in [3.63, 3.8) is 0 Å². The number of hydrogen-bond donors (Lipinski definition) is 3. The first-order valence-corrected chi connectivity index (χ1v) is 13.4. The molecule has 0 amide bonds. The van der Waals surface area contributed by atoms with Crippen LogP contribution in [0.25, 0.3) is 44.1 Å². The monoisotopic (exact) mass is 559 g/mol. The van der Waals surface area contributed by atoms with E-state index in [0.29, 0.717) is 44.6 Å². The largest absolute Gasteiger partial charge is 0.477 e. The molecule has 0 radical (unpaired) electrons. The van der Waals surface area contributed by atoms with Gasteiger partial charge < -0.3 is 29.8 Å². The number of rotatable bonds is 4. The number of aryl methyl sites for hydroxylation is 1. The number of nitrogens with zero attached hydrogens (tertiary/aromatic N) is 5. The lowest BCUT2D eigenvalue weighted by Crippen LogP contribution is -2.35. The van der Waals surface area contributed by atoms with E-state index in [9.17, 15) is 23.5 Å². The van der Waals surface area contributed by atoms with Crippen LogP contribution in [0.3, 0.4) is 0 Å². The molecule has 41 heavy (non-hydrogen) atoms. The Morgan fingerprint density at radius 2 is 1.95 bits per heavy atom. The van der Waals surface area contributed by atoms with E-state index in [4.69, 9.17) is 0 Å². The first-order chi connectivity index (χ1) is 19.7. The van der Waals surface area contributed by atoms with Gasteiger partial charge in [-0.05, 0) is 31.5 Å². The molecule has 2 atom stereocenters. The number of carboxylic acid groups (broad SMARTS) is 1. The van der Waals surface area contributed by atoms with Crippen molar-refractivity contribution in [3.05, 3.63) is 58.1 Å². The highest BCUT2D eigenvalue weighted by atomic mass is 19.2. The van der Waals surface area contributed by atoms with E-state index < -0.39 is 23.0 Å². The average Bonchev–Trinajstić information content (AvgIpc) is 3.62. The molecule has 0 spiro atoms. The number of benzene rings is 1. The van der Waals surface area contributed by atoms with Crippen LogP contribution in [0, 0.1) is 17.6 Å². The minimum Gasteiger partial charge on any atom is -0.477 e. The van der Waals surface area contributed by atoms with Gasteiger partial charge in [0.15, 0.2) is 11.6 Å². The van der Waals surface area contributed by atoms with Gasteiger partial charge >= 0.3 is 5.97 Å². The number of aromatic amines is 1. The van der Waals surface area contributed by atoms with Gasteiger partial charge in [0.05, 0.1) is 27.7 Å². The molecule has 1 aromatic carbocycles. The maximum Gasteiger partial charge on any atom is 0.341 e. The van der Waals surface area contributed by atoms with Gasteiger partial charge in [-0.15, -0.1) is 0 Å². The Morgan fingerprint density at radius 1 is 1.15 bits per heavy atom. The molecule has 2 aliphatic rings. The van der Waals surface area contributed by atoms with Crippen molar-refractivity contribution in [1.29, 1.82) is 0 Å². The molecule has 4 aromatic heterocycles. The Kier molecular flexibility index (Phi) is 5.55. The number of nitrogens with one attached hydrogen (secondary N) is 2. The number of anilines is 2. The van der Waals surface area contributed by atoms with Crippen LogP contribution in [0.1, 0.15) is 16.8 Å². The number of aromatic nitrogens is 4. The van der Waals surface area contributed by atoms with E-state index in [1.165, 1.54) is 23.9 Å². The van der Waals surface area contributed by atoms with Crippen LogP contribution in [0.4, 0.5) is 20.2 Å². The molecule has 6 heterocycles. The second-order valence-electron chi connectivity index (χ2n) is 11.0. The zero-order valence-electron chi connectivity index (χ0n) is 22.6. The standard InChI is InChI=1S/C29H27F2N7O3/c1-32-24-22(31)19(30)7-15-21-25(38-5-4-13-10-36(2)12-20(13)38)17(9-33-27(21)35-23(15)24)14-6-16-26(39)18(29(40)41)11-37(3)28(16)34-8-14/h6-9,11,13,20,32H,4-5,10,12H2,1-3H3,(H,33,35)(H,40,41)/t13-,20+/m1/s1. The maximum absolute atomic E-state index is 14.9. The van der Waals surface area contributed by atoms with E-state index >= 15 is 0 Å². The lowest BCUT2D eigenvalue weighted by atomic mass is 9.99. The molecule has 7 rings (SSSR count). The minimum absolute atomic E-state index is 0.0162. The third kappa shape index (κ3) is 3.63. The van der Waals surface area contributed by atoms with E-state index in [0.717, 1.165) is 31.7 Å². The van der Waals surface area contributed by atoms with Gasteiger partial charge in [-0.1, -0.05) is 0 Å². The van der Waals surface area contributed by atoms with Crippen molar-refractivity contribution in [3.8, 4) is 11.1 Å². The van der Waals surface area contributed by atoms with Crippen molar-refractivity contribution in [2.24, 2.45) is 13.0 Å². The quantitative estimate of drug-likeness (QED) is 0.304. The number of pyridine rings is 3. The van der Waals surface area contributed by atoms with Crippen LogP contribution in [-0.2, 0) is 7.05 Å². The first kappa shape index (κ1) is 25.4. The number of likely N-dealkylation sites (tertiary alicyclic amines) is 1. The highest BCUT2D eigenvalue weighted by Gasteiger charge is 2.42. The summed E-state index contributed by atoms with van der Waals surface area (Å²) in [6.07, 6.45) is 5.55. The summed E-state index contributed by atoms with van der Waals surface area (Å²) in [6.45, 7) is 2.57. The van der Waals surface area contributed by atoms with Gasteiger partial charge in [-0.2, -0.15) is 0 Å². The van der Waals surface area contributed by atoms with E-state index in [-0.39, 0.29) is 22.7 Å². The molecule has 210 valence electrons. The van der Waals surface area contributed by atoms with Crippen LogP contribution in [0.2, 0.25) is 0 Å². The van der Waals surface area contributed by atoms with E-state index in [1.54, 1.807) is 25.5 Å². The molecule has 2 aliphatic heterocycles. The average molecular weight is 560 g/mol. The normalized spacial score (nSPS) is 19.1. The highest BCUT2D eigenvalue weighted by Crippen LogP contribution is 2.46. The fourth-order valence-electron chi connectivity index (χ4n) is 6.78. The Hall–Kier alpha value is -4.58. The Morgan fingerprint density at radius 3 is 2.71 bits per heavy atom. The first-order valence-electron chi connectivity index (χ1n) is 13.4. The van der Waals surface area contributed by atoms with Gasteiger partial charge in [0.1, 0.15) is 16.9 Å². The lowest BCUT2D eigenvalue weighted by Gasteiger charge is -2.29. The zero-order chi connectivity index (χ0) is 28.7. The van der Waals surface area contributed by atoms with Gasteiger partial charge in [0.25, 0.3) is 0 Å². The number of H-pyrrole nitrogens is 1. The molecule has 2 saturated heterocycles. The van der Waals surface area contributed by atoms with Gasteiger partial charge in [0, 0.05) is 74.9 Å². The Labute approximate surface area is 232 Å². The topological polar surface area (TPSA) is 119 Å². The summed E-state index contributed by atoms with van der Waals surface area (Å²) in [5.74, 6) is -2.82. The molecule has 12 heteroatoms. The van der Waals surface area contributed by atoms with Crippen molar-refractivity contribution in [2.75, 3.05) is 43.9 Å².